The quantitative estimate of drug-likeness (QED) is 0.721. The Labute approximate surface area is 135 Å². The number of nitrogens with zero attached hydrogens (tertiary/aromatic N) is 1. The maximum atomic E-state index is 5.43. The van der Waals surface area contributed by atoms with Crippen LogP contribution in [0.2, 0.25) is 0 Å². The summed E-state index contributed by atoms with van der Waals surface area (Å²) in [6.07, 6.45) is 2.00. The summed E-state index contributed by atoms with van der Waals surface area (Å²) in [5.74, 6) is 2.66. The van der Waals surface area contributed by atoms with Crippen LogP contribution in [-0.4, -0.2) is 33.0 Å². The van der Waals surface area contributed by atoms with Gasteiger partial charge in [-0.05, 0) is 24.3 Å². The van der Waals surface area contributed by atoms with Gasteiger partial charge in [0.2, 0.25) is 5.75 Å². The monoisotopic (exact) mass is 313 g/mol. The Morgan fingerprint density at radius 1 is 0.739 bits per heavy atom. The highest BCUT2D eigenvalue weighted by atomic mass is 16.5. The van der Waals surface area contributed by atoms with Crippen molar-refractivity contribution in [3.8, 4) is 28.7 Å². The van der Waals surface area contributed by atoms with Crippen molar-refractivity contribution in [2.75, 3.05) is 28.4 Å². The smallest absolute Gasteiger partial charge is 0.203 e. The van der Waals surface area contributed by atoms with Crippen molar-refractivity contribution >= 4 is 10.9 Å². The van der Waals surface area contributed by atoms with Gasteiger partial charge in [-0.25, -0.2) is 0 Å². The summed E-state index contributed by atoms with van der Waals surface area (Å²) in [6, 6.07) is 11.9. The molecule has 5 nitrogen and oxygen atoms in total. The number of fused-ring (bicyclic) bond motifs is 1. The highest BCUT2D eigenvalue weighted by molar-refractivity contribution is 5.83. The van der Waals surface area contributed by atoms with Gasteiger partial charge in [-0.3, -0.25) is 0 Å². The summed E-state index contributed by atoms with van der Waals surface area (Å²) in [5.41, 5.74) is 2.00. The number of hydrogen-bond donors (Lipinski definition) is 0. The standard InChI is InChI=1S/C18H19NO4/c1-20-14-5-6-15-12(9-14)7-8-19(15)13-10-16(21-2)18(23-4)17(11-13)22-3/h5-11H,1-4H3. The van der Waals surface area contributed by atoms with E-state index < -0.39 is 0 Å². The van der Waals surface area contributed by atoms with Gasteiger partial charge in [0, 0.05) is 23.7 Å². The molecule has 1 heterocycles. The van der Waals surface area contributed by atoms with Crippen molar-refractivity contribution in [1.29, 1.82) is 0 Å². The molecule has 2 aromatic carbocycles. The average Bonchev–Trinajstić information content (AvgIpc) is 3.03. The molecule has 0 amide bonds. The van der Waals surface area contributed by atoms with Gasteiger partial charge in [0.15, 0.2) is 11.5 Å². The van der Waals surface area contributed by atoms with Gasteiger partial charge in [0.1, 0.15) is 5.75 Å². The maximum absolute atomic E-state index is 5.43. The molecule has 5 heteroatoms. The zero-order valence-corrected chi connectivity index (χ0v) is 13.6. The van der Waals surface area contributed by atoms with Crippen LogP contribution in [0.3, 0.4) is 0 Å². The first-order chi connectivity index (χ1) is 11.2. The highest BCUT2D eigenvalue weighted by Gasteiger charge is 2.15. The highest BCUT2D eigenvalue weighted by Crippen LogP contribution is 2.40. The second-order valence-corrected chi connectivity index (χ2v) is 4.99. The van der Waals surface area contributed by atoms with E-state index in [0.717, 1.165) is 22.3 Å². The molecule has 0 aliphatic carbocycles. The lowest BCUT2D eigenvalue weighted by Crippen LogP contribution is -1.99. The SMILES string of the molecule is COc1ccc2c(ccn2-c2cc(OC)c(OC)c(OC)c2)c1. The fourth-order valence-electron chi connectivity index (χ4n) is 2.68. The number of benzene rings is 2. The zero-order chi connectivity index (χ0) is 16.4. The molecule has 0 spiro atoms. The van der Waals surface area contributed by atoms with Gasteiger partial charge in [-0.15, -0.1) is 0 Å². The molecule has 0 saturated carbocycles. The predicted octanol–water partition coefficient (Wildman–Crippen LogP) is 3.66. The van der Waals surface area contributed by atoms with E-state index in [-0.39, 0.29) is 0 Å². The fraction of sp³-hybridized carbons (Fsp3) is 0.222. The molecule has 0 atom stereocenters. The third-order valence-corrected chi connectivity index (χ3v) is 3.83. The second-order valence-electron chi connectivity index (χ2n) is 4.99. The Balaban J connectivity index is 2.18. The molecule has 0 fully saturated rings. The fourth-order valence-corrected chi connectivity index (χ4v) is 2.68. The van der Waals surface area contributed by atoms with Crippen molar-refractivity contribution in [3.05, 3.63) is 42.6 Å². The van der Waals surface area contributed by atoms with Crippen molar-refractivity contribution in [3.63, 3.8) is 0 Å². The Morgan fingerprint density at radius 2 is 1.43 bits per heavy atom. The molecular weight excluding hydrogens is 294 g/mol. The van der Waals surface area contributed by atoms with E-state index in [4.69, 9.17) is 18.9 Å². The zero-order valence-electron chi connectivity index (χ0n) is 13.6. The van der Waals surface area contributed by atoms with E-state index >= 15 is 0 Å². The lowest BCUT2D eigenvalue weighted by molar-refractivity contribution is 0.324. The third kappa shape index (κ3) is 2.54. The minimum absolute atomic E-state index is 0.580. The number of hydrogen-bond acceptors (Lipinski definition) is 4. The molecular formula is C18H19NO4. The molecule has 0 aliphatic heterocycles. The van der Waals surface area contributed by atoms with Crippen LogP contribution in [0.1, 0.15) is 0 Å². The molecule has 1 aromatic heterocycles. The van der Waals surface area contributed by atoms with E-state index in [0.29, 0.717) is 17.2 Å². The summed E-state index contributed by atoms with van der Waals surface area (Å²) in [7, 11) is 6.48. The molecule has 0 aliphatic rings. The molecule has 0 bridgehead atoms. The minimum Gasteiger partial charge on any atom is -0.497 e. The molecule has 0 N–H and O–H groups in total. The topological polar surface area (TPSA) is 41.9 Å². The van der Waals surface area contributed by atoms with Crippen molar-refractivity contribution in [2.45, 2.75) is 0 Å². The molecule has 0 saturated heterocycles. The Hall–Kier alpha value is -2.82. The molecule has 0 unspecified atom stereocenters. The molecule has 120 valence electrons. The predicted molar refractivity (Wildman–Crippen MR) is 89.5 cm³/mol. The van der Waals surface area contributed by atoms with Gasteiger partial charge in [-0.2, -0.15) is 0 Å². The van der Waals surface area contributed by atoms with Gasteiger partial charge in [0.05, 0.1) is 39.6 Å². The van der Waals surface area contributed by atoms with Crippen molar-refractivity contribution in [2.24, 2.45) is 0 Å². The molecule has 3 aromatic rings. The number of rotatable bonds is 5. The minimum atomic E-state index is 0.580. The number of aromatic nitrogens is 1. The summed E-state index contributed by atoms with van der Waals surface area (Å²) >= 11 is 0. The second kappa shape index (κ2) is 6.12. The van der Waals surface area contributed by atoms with E-state index in [1.54, 1.807) is 28.4 Å². The number of ether oxygens (including phenoxy) is 4. The van der Waals surface area contributed by atoms with Crippen LogP contribution in [0.25, 0.3) is 16.6 Å². The van der Waals surface area contributed by atoms with Gasteiger partial charge in [0.25, 0.3) is 0 Å². The largest absolute Gasteiger partial charge is 0.497 e. The molecule has 23 heavy (non-hydrogen) atoms. The van der Waals surface area contributed by atoms with Gasteiger partial charge in [-0.1, -0.05) is 0 Å². The van der Waals surface area contributed by atoms with Gasteiger partial charge < -0.3 is 23.5 Å². The molecule has 3 rings (SSSR count). The summed E-state index contributed by atoms with van der Waals surface area (Å²) in [6.45, 7) is 0. The van der Waals surface area contributed by atoms with Crippen molar-refractivity contribution in [1.82, 2.24) is 4.57 Å². The Morgan fingerprint density at radius 3 is 2.00 bits per heavy atom. The summed E-state index contributed by atoms with van der Waals surface area (Å²) in [4.78, 5) is 0. The van der Waals surface area contributed by atoms with E-state index in [1.807, 2.05) is 42.6 Å². The van der Waals surface area contributed by atoms with Gasteiger partial charge >= 0.3 is 0 Å². The lowest BCUT2D eigenvalue weighted by atomic mass is 10.2. The Kier molecular flexibility index (Phi) is 4.02. The first kappa shape index (κ1) is 15.1. The van der Waals surface area contributed by atoms with Crippen LogP contribution in [0.4, 0.5) is 0 Å². The van der Waals surface area contributed by atoms with E-state index in [1.165, 1.54) is 0 Å². The van der Waals surface area contributed by atoms with Crippen LogP contribution in [0, 0.1) is 0 Å². The van der Waals surface area contributed by atoms with Crippen LogP contribution in [0.5, 0.6) is 23.0 Å². The lowest BCUT2D eigenvalue weighted by Gasteiger charge is -2.15. The maximum Gasteiger partial charge on any atom is 0.203 e. The van der Waals surface area contributed by atoms with Crippen LogP contribution in [-0.2, 0) is 0 Å². The normalized spacial score (nSPS) is 10.6. The first-order valence-corrected chi connectivity index (χ1v) is 7.17. The van der Waals surface area contributed by atoms with Crippen molar-refractivity contribution < 1.29 is 18.9 Å². The van der Waals surface area contributed by atoms with Crippen LogP contribution in [0.15, 0.2) is 42.6 Å². The van der Waals surface area contributed by atoms with E-state index in [9.17, 15) is 0 Å². The first-order valence-electron chi connectivity index (χ1n) is 7.17. The third-order valence-electron chi connectivity index (χ3n) is 3.83. The summed E-state index contributed by atoms with van der Waals surface area (Å²) < 4.78 is 23.6. The average molecular weight is 313 g/mol. The van der Waals surface area contributed by atoms with Crippen LogP contribution < -0.4 is 18.9 Å². The number of methoxy groups -OCH3 is 4. The Bertz CT molecular complexity index is 813. The van der Waals surface area contributed by atoms with Crippen LogP contribution >= 0.6 is 0 Å². The van der Waals surface area contributed by atoms with E-state index in [2.05, 4.69) is 4.57 Å². The summed E-state index contributed by atoms with van der Waals surface area (Å²) in [5, 5.41) is 1.10. The molecule has 0 radical (unpaired) electrons.